The molecule has 1 heterocycles. The summed E-state index contributed by atoms with van der Waals surface area (Å²) in [7, 11) is 0. The predicted molar refractivity (Wildman–Crippen MR) is 95.4 cm³/mol. The highest BCUT2D eigenvalue weighted by Gasteiger charge is 2.40. The molecule has 0 bridgehead atoms. The zero-order chi connectivity index (χ0) is 18.9. The number of alkyl halides is 3. The van der Waals surface area contributed by atoms with Crippen molar-refractivity contribution in [2.75, 3.05) is 5.32 Å². The maximum Gasteiger partial charge on any atom is 0.434 e. The second kappa shape index (κ2) is 6.95. The standard InChI is InChI=1S/C18H13BrF3N3O/c1-11-9-12(19)7-8-15(11)24-17(26)14-10-23-25(16(14)18(20,21)22)13-5-3-2-4-6-13/h2-10H,1H3,(H,24,26). The minimum Gasteiger partial charge on any atom is -0.322 e. The van der Waals surface area contributed by atoms with Gasteiger partial charge in [0.05, 0.1) is 17.4 Å². The van der Waals surface area contributed by atoms with Crippen LogP contribution in [-0.4, -0.2) is 15.7 Å². The minimum absolute atomic E-state index is 0.221. The molecule has 0 aliphatic heterocycles. The smallest absolute Gasteiger partial charge is 0.322 e. The van der Waals surface area contributed by atoms with Gasteiger partial charge in [-0.1, -0.05) is 34.1 Å². The van der Waals surface area contributed by atoms with Gasteiger partial charge >= 0.3 is 6.18 Å². The zero-order valence-corrected chi connectivity index (χ0v) is 15.1. The van der Waals surface area contributed by atoms with Crippen LogP contribution in [-0.2, 0) is 6.18 Å². The molecule has 0 saturated carbocycles. The van der Waals surface area contributed by atoms with Gasteiger partial charge in [-0.15, -0.1) is 0 Å². The molecule has 3 rings (SSSR count). The van der Waals surface area contributed by atoms with Crippen LogP contribution in [0.2, 0.25) is 0 Å². The highest BCUT2D eigenvalue weighted by Crippen LogP contribution is 2.34. The van der Waals surface area contributed by atoms with Crippen LogP contribution in [0.15, 0.2) is 59.2 Å². The van der Waals surface area contributed by atoms with E-state index in [1.807, 2.05) is 0 Å². The van der Waals surface area contributed by atoms with Crippen LogP contribution in [0.3, 0.4) is 0 Å². The number of benzene rings is 2. The number of rotatable bonds is 3. The van der Waals surface area contributed by atoms with Gasteiger partial charge in [0, 0.05) is 10.2 Å². The Hall–Kier alpha value is -2.61. The molecule has 1 N–H and O–H groups in total. The summed E-state index contributed by atoms with van der Waals surface area (Å²) in [6.45, 7) is 1.75. The number of hydrogen-bond acceptors (Lipinski definition) is 2. The molecule has 0 fully saturated rings. The van der Waals surface area contributed by atoms with Crippen LogP contribution in [0.4, 0.5) is 18.9 Å². The summed E-state index contributed by atoms with van der Waals surface area (Å²) in [5.74, 6) is -0.870. The molecule has 0 unspecified atom stereocenters. The van der Waals surface area contributed by atoms with Gasteiger partial charge in [0.15, 0.2) is 5.69 Å². The zero-order valence-electron chi connectivity index (χ0n) is 13.5. The lowest BCUT2D eigenvalue weighted by Crippen LogP contribution is -2.21. The average molecular weight is 424 g/mol. The van der Waals surface area contributed by atoms with E-state index in [4.69, 9.17) is 0 Å². The summed E-state index contributed by atoms with van der Waals surface area (Å²) in [6, 6.07) is 12.9. The first-order chi connectivity index (χ1) is 12.3. The predicted octanol–water partition coefficient (Wildman–Crippen LogP) is 5.21. The highest BCUT2D eigenvalue weighted by molar-refractivity contribution is 9.10. The molecule has 134 valence electrons. The Morgan fingerprint density at radius 1 is 1.15 bits per heavy atom. The molecular weight excluding hydrogens is 411 g/mol. The first-order valence-electron chi connectivity index (χ1n) is 7.55. The van der Waals surface area contributed by atoms with Gasteiger partial charge in [-0.3, -0.25) is 4.79 Å². The number of nitrogens with one attached hydrogen (secondary N) is 1. The van der Waals surface area contributed by atoms with E-state index in [1.54, 1.807) is 43.3 Å². The number of aromatic nitrogens is 2. The lowest BCUT2D eigenvalue weighted by molar-refractivity contribution is -0.143. The molecule has 0 atom stereocenters. The number of anilines is 1. The topological polar surface area (TPSA) is 46.9 Å². The van der Waals surface area contributed by atoms with Gasteiger partial charge in [0.25, 0.3) is 5.91 Å². The summed E-state index contributed by atoms with van der Waals surface area (Å²) in [4.78, 5) is 12.5. The van der Waals surface area contributed by atoms with Crippen molar-refractivity contribution < 1.29 is 18.0 Å². The first kappa shape index (κ1) is 18.2. The molecule has 1 aromatic heterocycles. The first-order valence-corrected chi connectivity index (χ1v) is 8.35. The number of para-hydroxylation sites is 1. The van der Waals surface area contributed by atoms with Crippen molar-refractivity contribution in [3.05, 3.63) is 76.0 Å². The number of aryl methyl sites for hydroxylation is 1. The van der Waals surface area contributed by atoms with Gasteiger partial charge in [0.2, 0.25) is 0 Å². The lowest BCUT2D eigenvalue weighted by Gasteiger charge is -2.13. The van der Waals surface area contributed by atoms with Gasteiger partial charge in [-0.05, 0) is 42.8 Å². The number of halogens is 4. The number of carbonyl (C=O) groups excluding carboxylic acids is 1. The summed E-state index contributed by atoms with van der Waals surface area (Å²) < 4.78 is 42.4. The van der Waals surface area contributed by atoms with Gasteiger partial charge in [-0.25, -0.2) is 4.68 Å². The molecule has 8 heteroatoms. The summed E-state index contributed by atoms with van der Waals surface area (Å²) in [6.07, 6.45) is -3.81. The highest BCUT2D eigenvalue weighted by atomic mass is 79.9. The Kier molecular flexibility index (Phi) is 4.86. The average Bonchev–Trinajstić information content (AvgIpc) is 3.04. The lowest BCUT2D eigenvalue weighted by atomic mass is 10.1. The van der Waals surface area contributed by atoms with Crippen LogP contribution in [0, 0.1) is 6.92 Å². The van der Waals surface area contributed by atoms with Crippen molar-refractivity contribution in [3.63, 3.8) is 0 Å². The molecule has 3 aromatic rings. The molecule has 26 heavy (non-hydrogen) atoms. The van der Waals surface area contributed by atoms with Crippen LogP contribution < -0.4 is 5.32 Å². The third-order valence-electron chi connectivity index (χ3n) is 3.72. The van der Waals surface area contributed by atoms with Crippen molar-refractivity contribution >= 4 is 27.5 Å². The molecule has 0 saturated heterocycles. The van der Waals surface area contributed by atoms with Crippen molar-refractivity contribution in [1.82, 2.24) is 9.78 Å². The molecule has 0 aliphatic carbocycles. The van der Waals surface area contributed by atoms with Crippen molar-refractivity contribution in [1.29, 1.82) is 0 Å². The fraction of sp³-hybridized carbons (Fsp3) is 0.111. The Bertz CT molecular complexity index is 952. The third kappa shape index (κ3) is 3.65. The van der Waals surface area contributed by atoms with E-state index in [2.05, 4.69) is 26.3 Å². The van der Waals surface area contributed by atoms with Crippen LogP contribution >= 0.6 is 15.9 Å². The maximum atomic E-state index is 13.6. The molecule has 1 amide bonds. The SMILES string of the molecule is Cc1cc(Br)ccc1NC(=O)c1cnn(-c2ccccc2)c1C(F)(F)F. The Labute approximate surface area is 155 Å². The summed E-state index contributed by atoms with van der Waals surface area (Å²) in [5, 5.41) is 6.30. The van der Waals surface area contributed by atoms with Gasteiger partial charge in [0.1, 0.15) is 0 Å². The van der Waals surface area contributed by atoms with E-state index in [1.165, 1.54) is 12.1 Å². The van der Waals surface area contributed by atoms with Crippen molar-refractivity contribution in [3.8, 4) is 5.69 Å². The monoisotopic (exact) mass is 423 g/mol. The van der Waals surface area contributed by atoms with Gasteiger partial charge < -0.3 is 5.32 Å². The van der Waals surface area contributed by atoms with Crippen LogP contribution in [0.5, 0.6) is 0 Å². The van der Waals surface area contributed by atoms with Crippen molar-refractivity contribution in [2.24, 2.45) is 0 Å². The maximum absolute atomic E-state index is 13.6. The second-order valence-corrected chi connectivity index (χ2v) is 6.48. The fourth-order valence-corrected chi connectivity index (χ4v) is 2.98. The molecule has 2 aromatic carbocycles. The molecule has 4 nitrogen and oxygen atoms in total. The molecule has 0 aliphatic rings. The van der Waals surface area contributed by atoms with Crippen molar-refractivity contribution in [2.45, 2.75) is 13.1 Å². The summed E-state index contributed by atoms with van der Waals surface area (Å²) >= 11 is 3.30. The normalized spacial score (nSPS) is 11.4. The fourth-order valence-electron chi connectivity index (χ4n) is 2.51. The van der Waals surface area contributed by atoms with E-state index in [0.29, 0.717) is 5.69 Å². The van der Waals surface area contributed by atoms with E-state index in [-0.39, 0.29) is 5.69 Å². The molecule has 0 radical (unpaired) electrons. The molecular formula is C18H13BrF3N3O. The van der Waals surface area contributed by atoms with E-state index in [9.17, 15) is 18.0 Å². The minimum atomic E-state index is -4.74. The largest absolute Gasteiger partial charge is 0.434 e. The Morgan fingerprint density at radius 2 is 1.85 bits per heavy atom. The molecule has 0 spiro atoms. The van der Waals surface area contributed by atoms with E-state index in [0.717, 1.165) is 20.9 Å². The van der Waals surface area contributed by atoms with E-state index >= 15 is 0 Å². The van der Waals surface area contributed by atoms with Crippen LogP contribution in [0.1, 0.15) is 21.6 Å². The number of carbonyl (C=O) groups is 1. The van der Waals surface area contributed by atoms with Gasteiger partial charge in [-0.2, -0.15) is 18.3 Å². The second-order valence-electron chi connectivity index (χ2n) is 5.57. The third-order valence-corrected chi connectivity index (χ3v) is 4.21. The number of amides is 1. The quantitative estimate of drug-likeness (QED) is 0.627. The Balaban J connectivity index is 2.02. The number of hydrogen-bond donors (Lipinski definition) is 1. The van der Waals surface area contributed by atoms with Crippen LogP contribution in [0.25, 0.3) is 5.69 Å². The Morgan fingerprint density at radius 3 is 2.46 bits per heavy atom. The number of nitrogens with zero attached hydrogens (tertiary/aromatic N) is 2. The summed E-state index contributed by atoms with van der Waals surface area (Å²) in [5.41, 5.74) is -0.283. The van der Waals surface area contributed by atoms with E-state index < -0.39 is 23.3 Å².